The van der Waals surface area contributed by atoms with Crippen LogP contribution >= 0.6 is 23.2 Å². The fourth-order valence-electron chi connectivity index (χ4n) is 1.78. The summed E-state index contributed by atoms with van der Waals surface area (Å²) in [7, 11) is -0.0326. The van der Waals surface area contributed by atoms with Gasteiger partial charge in [0, 0.05) is 0 Å². The molecule has 0 aliphatic carbocycles. The molecule has 1 unspecified atom stereocenters. The Bertz CT molecular complexity index is 664. The van der Waals surface area contributed by atoms with E-state index in [0.717, 1.165) is 5.56 Å². The molecule has 0 spiro atoms. The largest absolute Gasteiger partial charge is 0.465 e. The average molecular weight is 343 g/mol. The minimum atomic E-state index is -1.36. The van der Waals surface area contributed by atoms with Crippen molar-refractivity contribution in [1.29, 1.82) is 0 Å². The van der Waals surface area contributed by atoms with E-state index in [1.165, 1.54) is 7.11 Å². The van der Waals surface area contributed by atoms with Crippen LogP contribution in [0.2, 0.25) is 10.0 Å². The van der Waals surface area contributed by atoms with E-state index in [1.807, 2.05) is 0 Å². The van der Waals surface area contributed by atoms with Gasteiger partial charge in [-0.2, -0.15) is 0 Å². The van der Waals surface area contributed by atoms with E-state index in [2.05, 4.69) is 4.74 Å². The van der Waals surface area contributed by atoms with Crippen molar-refractivity contribution in [2.45, 2.75) is 10.6 Å². The lowest BCUT2D eigenvalue weighted by Crippen LogP contribution is -2.02. The lowest BCUT2D eigenvalue weighted by Gasteiger charge is -2.07. The third-order valence-corrected chi connectivity index (χ3v) is 5.16. The quantitative estimate of drug-likeness (QED) is 0.786. The predicted octanol–water partition coefficient (Wildman–Crippen LogP) is 4.09. The molecule has 0 radical (unpaired) electrons. The number of hydrogen-bond acceptors (Lipinski definition) is 3. The Labute approximate surface area is 135 Å². The van der Waals surface area contributed by atoms with E-state index in [4.69, 9.17) is 23.2 Å². The Morgan fingerprint density at radius 1 is 1.10 bits per heavy atom. The zero-order chi connectivity index (χ0) is 15.4. The molecule has 0 aliphatic heterocycles. The molecule has 0 aromatic heterocycles. The van der Waals surface area contributed by atoms with Crippen LogP contribution in [-0.4, -0.2) is 17.3 Å². The lowest BCUT2D eigenvalue weighted by atomic mass is 10.1. The van der Waals surface area contributed by atoms with Crippen LogP contribution < -0.4 is 0 Å². The number of rotatable bonds is 4. The maximum absolute atomic E-state index is 12.4. The highest BCUT2D eigenvalue weighted by molar-refractivity contribution is 7.84. The molecule has 1 atom stereocenters. The third-order valence-electron chi connectivity index (χ3n) is 2.82. The molecule has 0 fully saturated rings. The fraction of sp³-hybridized carbons (Fsp3) is 0.133. The van der Waals surface area contributed by atoms with Gasteiger partial charge >= 0.3 is 5.97 Å². The second-order valence-electron chi connectivity index (χ2n) is 4.23. The van der Waals surface area contributed by atoms with Gasteiger partial charge in [-0.1, -0.05) is 41.4 Å². The van der Waals surface area contributed by atoms with Crippen molar-refractivity contribution in [3.05, 3.63) is 63.6 Å². The first kappa shape index (κ1) is 16.0. The Balaban J connectivity index is 2.18. The summed E-state index contributed by atoms with van der Waals surface area (Å²) in [6.07, 6.45) is 0. The highest BCUT2D eigenvalue weighted by Gasteiger charge is 2.14. The number of halogens is 2. The zero-order valence-corrected chi connectivity index (χ0v) is 13.5. The van der Waals surface area contributed by atoms with Gasteiger partial charge in [-0.15, -0.1) is 0 Å². The van der Waals surface area contributed by atoms with Gasteiger partial charge in [0.2, 0.25) is 0 Å². The van der Waals surface area contributed by atoms with Crippen LogP contribution in [0.15, 0.2) is 47.4 Å². The summed E-state index contributed by atoms with van der Waals surface area (Å²) in [6, 6.07) is 11.7. The average Bonchev–Trinajstić information content (AvgIpc) is 2.47. The van der Waals surface area contributed by atoms with Crippen molar-refractivity contribution in [1.82, 2.24) is 0 Å². The van der Waals surface area contributed by atoms with E-state index in [-0.39, 0.29) is 5.75 Å². The first-order valence-corrected chi connectivity index (χ1v) is 8.10. The fourth-order valence-corrected chi connectivity index (χ4v) is 3.90. The van der Waals surface area contributed by atoms with Gasteiger partial charge in [-0.05, 0) is 29.8 Å². The van der Waals surface area contributed by atoms with Crippen LogP contribution in [0.4, 0.5) is 0 Å². The molecule has 2 rings (SSSR count). The second kappa shape index (κ2) is 7.07. The first-order chi connectivity index (χ1) is 10.0. The normalized spacial score (nSPS) is 12.0. The molecule has 0 bridgehead atoms. The molecule has 2 aromatic rings. The highest BCUT2D eigenvalue weighted by Crippen LogP contribution is 2.29. The minimum Gasteiger partial charge on any atom is -0.465 e. The molecule has 0 aliphatic rings. The number of hydrogen-bond donors (Lipinski definition) is 0. The first-order valence-electron chi connectivity index (χ1n) is 6.02. The third kappa shape index (κ3) is 3.84. The van der Waals surface area contributed by atoms with Gasteiger partial charge < -0.3 is 4.74 Å². The van der Waals surface area contributed by atoms with Crippen LogP contribution in [-0.2, 0) is 21.3 Å². The molecule has 110 valence electrons. The van der Waals surface area contributed by atoms with E-state index >= 15 is 0 Å². The molecule has 0 amide bonds. The predicted molar refractivity (Wildman–Crippen MR) is 84.4 cm³/mol. The molecular formula is C15H12Cl2O3S. The topological polar surface area (TPSA) is 43.4 Å². The Morgan fingerprint density at radius 2 is 1.67 bits per heavy atom. The molecule has 21 heavy (non-hydrogen) atoms. The molecule has 6 heteroatoms. The summed E-state index contributed by atoms with van der Waals surface area (Å²) >= 11 is 12.1. The van der Waals surface area contributed by atoms with Crippen LogP contribution in [0.5, 0.6) is 0 Å². The maximum Gasteiger partial charge on any atom is 0.337 e. The Kier molecular flexibility index (Phi) is 5.39. The van der Waals surface area contributed by atoms with E-state index in [1.54, 1.807) is 42.5 Å². The van der Waals surface area contributed by atoms with Crippen LogP contribution in [0.3, 0.4) is 0 Å². The number of esters is 1. The van der Waals surface area contributed by atoms with Gasteiger partial charge in [-0.3, -0.25) is 4.21 Å². The van der Waals surface area contributed by atoms with Crippen molar-refractivity contribution in [2.24, 2.45) is 0 Å². The van der Waals surface area contributed by atoms with E-state index < -0.39 is 16.8 Å². The molecular weight excluding hydrogens is 331 g/mol. The summed E-state index contributed by atoms with van der Waals surface area (Å²) in [6.45, 7) is 0. The van der Waals surface area contributed by atoms with Crippen molar-refractivity contribution < 1.29 is 13.7 Å². The molecule has 0 heterocycles. The summed E-state index contributed by atoms with van der Waals surface area (Å²) in [4.78, 5) is 11.8. The number of carbonyl (C=O) groups excluding carboxylic acids is 1. The summed E-state index contributed by atoms with van der Waals surface area (Å²) < 4.78 is 17.0. The summed E-state index contributed by atoms with van der Waals surface area (Å²) in [5, 5.41) is 0.763. The number of carbonyl (C=O) groups is 1. The zero-order valence-electron chi connectivity index (χ0n) is 11.1. The summed E-state index contributed by atoms with van der Waals surface area (Å²) in [5.74, 6) is -0.137. The van der Waals surface area contributed by atoms with Crippen molar-refractivity contribution in [2.75, 3.05) is 7.11 Å². The lowest BCUT2D eigenvalue weighted by molar-refractivity contribution is 0.0600. The minimum absolute atomic E-state index is 0.269. The SMILES string of the molecule is COC(=O)c1ccc(CS(=O)c2c(Cl)cccc2Cl)cc1. The Hall–Kier alpha value is -1.36. The van der Waals surface area contributed by atoms with Gasteiger partial charge in [-0.25, -0.2) is 4.79 Å². The number of methoxy groups -OCH3 is 1. The van der Waals surface area contributed by atoms with Crippen molar-refractivity contribution in [3.8, 4) is 0 Å². The van der Waals surface area contributed by atoms with Crippen molar-refractivity contribution >= 4 is 40.0 Å². The van der Waals surface area contributed by atoms with Gasteiger partial charge in [0.25, 0.3) is 0 Å². The maximum atomic E-state index is 12.4. The van der Waals surface area contributed by atoms with E-state index in [0.29, 0.717) is 20.5 Å². The molecule has 0 N–H and O–H groups in total. The smallest absolute Gasteiger partial charge is 0.337 e. The van der Waals surface area contributed by atoms with Gasteiger partial charge in [0.1, 0.15) is 0 Å². The van der Waals surface area contributed by atoms with Crippen LogP contribution in [0.1, 0.15) is 15.9 Å². The summed E-state index contributed by atoms with van der Waals surface area (Å²) in [5.41, 5.74) is 1.26. The monoisotopic (exact) mass is 342 g/mol. The molecule has 0 saturated carbocycles. The van der Waals surface area contributed by atoms with Crippen LogP contribution in [0.25, 0.3) is 0 Å². The Morgan fingerprint density at radius 3 is 2.19 bits per heavy atom. The standard InChI is InChI=1S/C15H12Cl2O3S/c1-20-15(18)11-7-5-10(6-8-11)9-21(19)14-12(16)3-2-4-13(14)17/h2-8H,9H2,1H3. The van der Waals surface area contributed by atoms with Crippen LogP contribution in [0, 0.1) is 0 Å². The number of benzene rings is 2. The molecule has 0 saturated heterocycles. The highest BCUT2D eigenvalue weighted by atomic mass is 35.5. The van der Waals surface area contributed by atoms with E-state index in [9.17, 15) is 9.00 Å². The second-order valence-corrected chi connectivity index (χ2v) is 6.43. The van der Waals surface area contributed by atoms with Crippen molar-refractivity contribution in [3.63, 3.8) is 0 Å². The van der Waals surface area contributed by atoms with Gasteiger partial charge in [0.05, 0.1) is 44.2 Å². The van der Waals surface area contributed by atoms with Gasteiger partial charge in [0.15, 0.2) is 0 Å². The molecule has 3 nitrogen and oxygen atoms in total. The number of ether oxygens (including phenoxy) is 1. The molecule has 2 aromatic carbocycles.